The van der Waals surface area contributed by atoms with Crippen molar-refractivity contribution in [3.63, 3.8) is 0 Å². The van der Waals surface area contributed by atoms with E-state index < -0.39 is 21.9 Å². The number of carbonyl (C=O) groups is 2. The third kappa shape index (κ3) is 9.14. The smallest absolute Gasteiger partial charge is 0.242 e. The summed E-state index contributed by atoms with van der Waals surface area (Å²) in [4.78, 5) is 27.3. The Balaban J connectivity index is 2.15. The van der Waals surface area contributed by atoms with Crippen molar-refractivity contribution in [2.24, 2.45) is 5.92 Å². The molecule has 10 heteroatoms. The summed E-state index contributed by atoms with van der Waals surface area (Å²) in [6, 6.07) is 11.5. The van der Waals surface area contributed by atoms with Gasteiger partial charge in [-0.05, 0) is 55.2 Å². The zero-order valence-electron chi connectivity index (χ0n) is 20.5. The molecule has 2 rings (SSSR count). The van der Waals surface area contributed by atoms with Gasteiger partial charge in [-0.25, -0.2) is 12.8 Å². The van der Waals surface area contributed by atoms with Gasteiger partial charge in [0, 0.05) is 31.1 Å². The molecule has 7 nitrogen and oxygen atoms in total. The SMILES string of the molecule is CC(C)CNC(=O)[C@H](C)N(Cc1ccc(F)cc1)C(=O)CCCN(c1cccc(Cl)c1)S(C)(=O)=O. The van der Waals surface area contributed by atoms with Gasteiger partial charge in [0.2, 0.25) is 21.8 Å². The van der Waals surface area contributed by atoms with Crippen molar-refractivity contribution in [2.75, 3.05) is 23.7 Å². The van der Waals surface area contributed by atoms with Crippen LogP contribution in [0.2, 0.25) is 5.02 Å². The lowest BCUT2D eigenvalue weighted by Gasteiger charge is -2.29. The first-order valence-electron chi connectivity index (χ1n) is 11.4. The quantitative estimate of drug-likeness (QED) is 0.449. The van der Waals surface area contributed by atoms with Crippen LogP contribution < -0.4 is 9.62 Å². The first kappa shape index (κ1) is 28.6. The molecule has 0 fully saturated rings. The number of halogens is 2. The van der Waals surface area contributed by atoms with Gasteiger partial charge >= 0.3 is 0 Å². The topological polar surface area (TPSA) is 86.8 Å². The lowest BCUT2D eigenvalue weighted by atomic mass is 10.1. The fourth-order valence-electron chi connectivity index (χ4n) is 3.46. The number of rotatable bonds is 12. The predicted molar refractivity (Wildman–Crippen MR) is 137 cm³/mol. The summed E-state index contributed by atoms with van der Waals surface area (Å²) in [5.74, 6) is -0.732. The van der Waals surface area contributed by atoms with E-state index in [0.29, 0.717) is 22.8 Å². The van der Waals surface area contributed by atoms with Crippen LogP contribution in [0.25, 0.3) is 0 Å². The van der Waals surface area contributed by atoms with E-state index in [1.54, 1.807) is 43.3 Å². The first-order valence-corrected chi connectivity index (χ1v) is 13.7. The molecule has 0 aliphatic rings. The Hall–Kier alpha value is -2.65. The highest BCUT2D eigenvalue weighted by Crippen LogP contribution is 2.22. The number of nitrogens with one attached hydrogen (secondary N) is 1. The highest BCUT2D eigenvalue weighted by molar-refractivity contribution is 7.92. The summed E-state index contributed by atoms with van der Waals surface area (Å²) in [6.45, 7) is 6.26. The molecular formula is C25H33ClFN3O4S. The van der Waals surface area contributed by atoms with Gasteiger partial charge in [0.25, 0.3) is 0 Å². The Kier molecular flexibility index (Phi) is 10.5. The molecule has 0 aliphatic carbocycles. The number of amides is 2. The number of anilines is 1. The summed E-state index contributed by atoms with van der Waals surface area (Å²) in [7, 11) is -3.60. The van der Waals surface area contributed by atoms with Crippen molar-refractivity contribution < 1.29 is 22.4 Å². The molecule has 0 aliphatic heterocycles. The Labute approximate surface area is 212 Å². The molecule has 2 amide bonds. The molecule has 0 saturated heterocycles. The van der Waals surface area contributed by atoms with Gasteiger partial charge in [-0.2, -0.15) is 0 Å². The normalized spacial score (nSPS) is 12.3. The molecule has 0 bridgehead atoms. The van der Waals surface area contributed by atoms with E-state index in [1.165, 1.54) is 21.3 Å². The third-order valence-corrected chi connectivity index (χ3v) is 6.80. The van der Waals surface area contributed by atoms with E-state index in [1.807, 2.05) is 13.8 Å². The second kappa shape index (κ2) is 12.9. The minimum absolute atomic E-state index is 0.0234. The first-order chi connectivity index (χ1) is 16.4. The molecule has 0 aromatic heterocycles. The largest absolute Gasteiger partial charge is 0.354 e. The van der Waals surface area contributed by atoms with Crippen LogP contribution in [-0.2, 0) is 26.2 Å². The van der Waals surface area contributed by atoms with Crippen LogP contribution in [0.5, 0.6) is 0 Å². The summed E-state index contributed by atoms with van der Waals surface area (Å²) >= 11 is 6.02. The predicted octanol–water partition coefficient (Wildman–Crippen LogP) is 4.21. The van der Waals surface area contributed by atoms with E-state index >= 15 is 0 Å². The molecule has 0 heterocycles. The number of benzene rings is 2. The van der Waals surface area contributed by atoms with Crippen LogP contribution in [0.15, 0.2) is 48.5 Å². The zero-order valence-corrected chi connectivity index (χ0v) is 22.1. The van der Waals surface area contributed by atoms with Gasteiger partial charge in [0.1, 0.15) is 11.9 Å². The molecule has 2 aromatic carbocycles. The second-order valence-corrected chi connectivity index (χ2v) is 11.2. The van der Waals surface area contributed by atoms with Gasteiger partial charge < -0.3 is 10.2 Å². The average molecular weight is 526 g/mol. The average Bonchev–Trinajstić information content (AvgIpc) is 2.78. The summed E-state index contributed by atoms with van der Waals surface area (Å²) in [5.41, 5.74) is 1.09. The molecule has 1 N–H and O–H groups in total. The second-order valence-electron chi connectivity index (χ2n) is 8.88. The monoisotopic (exact) mass is 525 g/mol. The number of hydrogen-bond acceptors (Lipinski definition) is 4. The number of carbonyl (C=O) groups excluding carboxylic acids is 2. The van der Waals surface area contributed by atoms with Crippen molar-refractivity contribution in [3.8, 4) is 0 Å². The van der Waals surface area contributed by atoms with Crippen molar-refractivity contribution in [1.82, 2.24) is 10.2 Å². The lowest BCUT2D eigenvalue weighted by molar-refractivity contribution is -0.140. The van der Waals surface area contributed by atoms with Gasteiger partial charge in [-0.3, -0.25) is 13.9 Å². The van der Waals surface area contributed by atoms with Crippen molar-refractivity contribution >= 4 is 39.1 Å². The molecule has 0 spiro atoms. The highest BCUT2D eigenvalue weighted by atomic mass is 35.5. The van der Waals surface area contributed by atoms with Gasteiger partial charge in [-0.1, -0.05) is 43.6 Å². The van der Waals surface area contributed by atoms with E-state index in [9.17, 15) is 22.4 Å². The number of nitrogens with zero attached hydrogens (tertiary/aromatic N) is 2. The van der Waals surface area contributed by atoms with Crippen LogP contribution in [0, 0.1) is 11.7 Å². The summed E-state index contributed by atoms with van der Waals surface area (Å²) in [6.07, 6.45) is 1.35. The van der Waals surface area contributed by atoms with Crippen LogP contribution in [0.4, 0.5) is 10.1 Å². The molecule has 0 saturated carbocycles. The fourth-order valence-corrected chi connectivity index (χ4v) is 4.60. The van der Waals surface area contributed by atoms with Crippen molar-refractivity contribution in [2.45, 2.75) is 46.2 Å². The van der Waals surface area contributed by atoms with E-state index in [2.05, 4.69) is 5.32 Å². The Morgan fingerprint density at radius 3 is 2.31 bits per heavy atom. The molecule has 35 heavy (non-hydrogen) atoms. The van der Waals surface area contributed by atoms with Gasteiger partial charge in [-0.15, -0.1) is 0 Å². The molecular weight excluding hydrogens is 493 g/mol. The lowest BCUT2D eigenvalue weighted by Crippen LogP contribution is -2.48. The molecule has 2 aromatic rings. The summed E-state index contributed by atoms with van der Waals surface area (Å²) < 4.78 is 39.2. The molecule has 192 valence electrons. The fraction of sp³-hybridized carbons (Fsp3) is 0.440. The Bertz CT molecular complexity index is 1110. The molecule has 0 unspecified atom stereocenters. The standard InChI is InChI=1S/C25H33ClFN3O4S/c1-18(2)16-28-25(32)19(3)29(17-20-10-12-22(27)13-11-20)24(31)9-6-14-30(35(4,33)34)23-8-5-7-21(26)15-23/h5,7-8,10-13,15,18-19H,6,9,14,16-17H2,1-4H3,(H,28,32)/t19-/m0/s1. The van der Waals surface area contributed by atoms with Crippen molar-refractivity contribution in [1.29, 1.82) is 0 Å². The minimum Gasteiger partial charge on any atom is -0.354 e. The maximum absolute atomic E-state index is 13.3. The van der Waals surface area contributed by atoms with Crippen LogP contribution in [0.1, 0.15) is 39.2 Å². The minimum atomic E-state index is -3.60. The third-order valence-electron chi connectivity index (χ3n) is 5.37. The Morgan fingerprint density at radius 1 is 1.09 bits per heavy atom. The van der Waals surface area contributed by atoms with Crippen LogP contribution >= 0.6 is 11.6 Å². The molecule has 0 radical (unpaired) electrons. The van der Waals surface area contributed by atoms with Crippen molar-refractivity contribution in [3.05, 3.63) is 64.9 Å². The Morgan fingerprint density at radius 2 is 1.74 bits per heavy atom. The highest BCUT2D eigenvalue weighted by Gasteiger charge is 2.26. The van der Waals surface area contributed by atoms with Crippen LogP contribution in [0.3, 0.4) is 0 Å². The number of sulfonamides is 1. The number of hydrogen-bond donors (Lipinski definition) is 1. The molecule has 1 atom stereocenters. The van der Waals surface area contributed by atoms with E-state index in [-0.39, 0.29) is 43.7 Å². The van der Waals surface area contributed by atoms with E-state index in [0.717, 1.165) is 6.26 Å². The van der Waals surface area contributed by atoms with E-state index in [4.69, 9.17) is 11.6 Å². The van der Waals surface area contributed by atoms with Gasteiger partial charge in [0.05, 0.1) is 11.9 Å². The summed E-state index contributed by atoms with van der Waals surface area (Å²) in [5, 5.41) is 3.24. The van der Waals surface area contributed by atoms with Gasteiger partial charge in [0.15, 0.2) is 0 Å². The maximum atomic E-state index is 13.3. The zero-order chi connectivity index (χ0) is 26.2. The maximum Gasteiger partial charge on any atom is 0.242 e. The van der Waals surface area contributed by atoms with Crippen LogP contribution in [-0.4, -0.2) is 50.5 Å².